The van der Waals surface area contributed by atoms with Crippen molar-refractivity contribution >= 4 is 34.8 Å². The van der Waals surface area contributed by atoms with Gasteiger partial charge in [-0.05, 0) is 68.1 Å². The Morgan fingerprint density at radius 1 is 0.774 bits per heavy atom. The van der Waals surface area contributed by atoms with Gasteiger partial charge in [-0.25, -0.2) is 0 Å². The minimum Gasteiger partial charge on any atom is -0.326 e. The van der Waals surface area contributed by atoms with Gasteiger partial charge in [0.2, 0.25) is 17.7 Å². The van der Waals surface area contributed by atoms with E-state index in [4.69, 9.17) is 0 Å². The number of carbonyl (C=O) groups is 3. The standard InChI is InChI=1S/C25H39N3O3/c1-6-8-22(29)26-19-14-20(27-23(30)9-7-2)16-21(15-19)28-24(31)17-10-12-18(13-11-17)25(3,4)5/h14-18H,6-13H2,1-5H3,(H,26,29)(H,27,30)(H,28,31)/t17-,18+. The van der Waals surface area contributed by atoms with Crippen LogP contribution in [-0.2, 0) is 14.4 Å². The van der Waals surface area contributed by atoms with Crippen molar-refractivity contribution < 1.29 is 14.4 Å². The summed E-state index contributed by atoms with van der Waals surface area (Å²) < 4.78 is 0. The zero-order chi connectivity index (χ0) is 23.0. The molecule has 0 aromatic heterocycles. The minimum atomic E-state index is -0.0858. The van der Waals surface area contributed by atoms with Gasteiger partial charge < -0.3 is 16.0 Å². The lowest BCUT2D eigenvalue weighted by Gasteiger charge is -2.36. The van der Waals surface area contributed by atoms with Crippen molar-refractivity contribution in [3.63, 3.8) is 0 Å². The van der Waals surface area contributed by atoms with E-state index in [1.54, 1.807) is 18.2 Å². The quantitative estimate of drug-likeness (QED) is 0.477. The van der Waals surface area contributed by atoms with E-state index in [-0.39, 0.29) is 29.1 Å². The number of hydrogen-bond acceptors (Lipinski definition) is 3. The maximum atomic E-state index is 12.9. The Balaban J connectivity index is 2.11. The van der Waals surface area contributed by atoms with Crippen molar-refractivity contribution in [3.8, 4) is 0 Å². The summed E-state index contributed by atoms with van der Waals surface area (Å²) in [7, 11) is 0. The van der Waals surface area contributed by atoms with Crippen molar-refractivity contribution in [2.75, 3.05) is 16.0 Å². The zero-order valence-corrected chi connectivity index (χ0v) is 19.8. The Morgan fingerprint density at radius 2 is 1.19 bits per heavy atom. The summed E-state index contributed by atoms with van der Waals surface area (Å²) in [6.07, 6.45) is 6.25. The second-order valence-corrected chi connectivity index (χ2v) is 9.80. The fourth-order valence-corrected chi connectivity index (χ4v) is 4.21. The first kappa shape index (κ1) is 24.9. The molecule has 1 aromatic carbocycles. The first-order chi connectivity index (χ1) is 14.6. The summed E-state index contributed by atoms with van der Waals surface area (Å²) in [5.41, 5.74) is 2.00. The van der Waals surface area contributed by atoms with Crippen molar-refractivity contribution in [1.29, 1.82) is 0 Å². The van der Waals surface area contributed by atoms with Crippen molar-refractivity contribution in [2.45, 2.75) is 86.0 Å². The average Bonchev–Trinajstić information content (AvgIpc) is 2.67. The Kier molecular flexibility index (Phi) is 9.08. The molecule has 0 aliphatic heterocycles. The molecule has 3 N–H and O–H groups in total. The van der Waals surface area contributed by atoms with Gasteiger partial charge in [0.05, 0.1) is 0 Å². The fraction of sp³-hybridized carbons (Fsp3) is 0.640. The Hall–Kier alpha value is -2.37. The van der Waals surface area contributed by atoms with Crippen molar-refractivity contribution in [1.82, 2.24) is 0 Å². The molecule has 1 saturated carbocycles. The average molecular weight is 430 g/mol. The second kappa shape index (κ2) is 11.3. The molecule has 0 unspecified atom stereocenters. The Bertz CT molecular complexity index is 736. The van der Waals surface area contributed by atoms with Crippen molar-refractivity contribution in [3.05, 3.63) is 18.2 Å². The number of hydrogen-bond donors (Lipinski definition) is 3. The molecule has 0 saturated heterocycles. The SMILES string of the molecule is CCCC(=O)Nc1cc(NC(=O)CCC)cc(NC(=O)[C@H]2CC[C@@H](C(C)(C)C)CC2)c1. The number of amides is 3. The summed E-state index contributed by atoms with van der Waals surface area (Å²) in [5, 5.41) is 8.74. The maximum absolute atomic E-state index is 12.9. The first-order valence-corrected chi connectivity index (χ1v) is 11.7. The van der Waals surface area contributed by atoms with E-state index in [1.165, 1.54) is 0 Å². The third kappa shape index (κ3) is 8.00. The topological polar surface area (TPSA) is 87.3 Å². The number of carbonyl (C=O) groups excluding carboxylic acids is 3. The molecule has 0 atom stereocenters. The van der Waals surface area contributed by atoms with Crippen molar-refractivity contribution in [2.24, 2.45) is 17.3 Å². The van der Waals surface area contributed by atoms with E-state index in [1.807, 2.05) is 13.8 Å². The van der Waals surface area contributed by atoms with Crippen LogP contribution in [0.5, 0.6) is 0 Å². The summed E-state index contributed by atoms with van der Waals surface area (Å²) in [5.74, 6) is 0.481. The van der Waals surface area contributed by atoms with E-state index in [2.05, 4.69) is 36.7 Å². The highest BCUT2D eigenvalue weighted by atomic mass is 16.2. The summed E-state index contributed by atoms with van der Waals surface area (Å²) in [6, 6.07) is 5.23. The molecule has 1 aromatic rings. The molecule has 3 amide bonds. The number of benzene rings is 1. The molecule has 0 bridgehead atoms. The lowest BCUT2D eigenvalue weighted by atomic mass is 9.69. The van der Waals surface area contributed by atoms with Gasteiger partial charge >= 0.3 is 0 Å². The van der Waals surface area contributed by atoms with Crippen LogP contribution in [0.3, 0.4) is 0 Å². The molecule has 1 fully saturated rings. The molecule has 31 heavy (non-hydrogen) atoms. The van der Waals surface area contributed by atoms with Gasteiger partial charge in [0.15, 0.2) is 0 Å². The molecule has 172 valence electrons. The van der Waals surface area contributed by atoms with Gasteiger partial charge in [-0.3, -0.25) is 14.4 Å². The Labute approximate surface area is 186 Å². The highest BCUT2D eigenvalue weighted by Crippen LogP contribution is 2.40. The van der Waals surface area contributed by atoms with Crippen LogP contribution in [0.4, 0.5) is 17.1 Å². The van der Waals surface area contributed by atoms with E-state index in [9.17, 15) is 14.4 Å². The zero-order valence-electron chi connectivity index (χ0n) is 19.8. The molecule has 1 aliphatic rings. The van der Waals surface area contributed by atoms with E-state index >= 15 is 0 Å². The summed E-state index contributed by atoms with van der Waals surface area (Å²) >= 11 is 0. The van der Waals surface area contributed by atoms with E-state index in [0.29, 0.717) is 35.8 Å². The molecule has 2 rings (SSSR count). The predicted molar refractivity (Wildman–Crippen MR) is 127 cm³/mol. The number of anilines is 3. The van der Waals surface area contributed by atoms with Crippen LogP contribution in [-0.4, -0.2) is 17.7 Å². The third-order valence-corrected chi connectivity index (χ3v) is 6.04. The third-order valence-electron chi connectivity index (χ3n) is 6.04. The van der Waals surface area contributed by atoms with Gasteiger partial charge in [0.25, 0.3) is 0 Å². The van der Waals surface area contributed by atoms with Crippen LogP contribution in [0.2, 0.25) is 0 Å². The highest BCUT2D eigenvalue weighted by molar-refractivity contribution is 5.98. The monoisotopic (exact) mass is 429 g/mol. The van der Waals surface area contributed by atoms with Crippen LogP contribution in [0.1, 0.15) is 86.0 Å². The van der Waals surface area contributed by atoms with Gasteiger partial charge in [-0.15, -0.1) is 0 Å². The van der Waals surface area contributed by atoms with Crippen LogP contribution in [0.15, 0.2) is 18.2 Å². The van der Waals surface area contributed by atoms with Crippen LogP contribution in [0.25, 0.3) is 0 Å². The van der Waals surface area contributed by atoms with Gasteiger partial charge in [0, 0.05) is 35.8 Å². The molecule has 0 spiro atoms. The van der Waals surface area contributed by atoms with Crippen LogP contribution < -0.4 is 16.0 Å². The largest absolute Gasteiger partial charge is 0.326 e. The summed E-state index contributed by atoms with van der Waals surface area (Å²) in [6.45, 7) is 10.7. The van der Waals surface area contributed by atoms with Gasteiger partial charge in [-0.2, -0.15) is 0 Å². The first-order valence-electron chi connectivity index (χ1n) is 11.7. The van der Waals surface area contributed by atoms with E-state index in [0.717, 1.165) is 38.5 Å². The highest BCUT2D eigenvalue weighted by Gasteiger charge is 2.32. The summed E-state index contributed by atoms with van der Waals surface area (Å²) in [4.78, 5) is 37.0. The molecule has 6 heteroatoms. The molecular weight excluding hydrogens is 390 g/mol. The lowest BCUT2D eigenvalue weighted by molar-refractivity contribution is -0.121. The molecule has 0 heterocycles. The second-order valence-electron chi connectivity index (χ2n) is 9.80. The maximum Gasteiger partial charge on any atom is 0.227 e. The number of rotatable bonds is 8. The fourth-order valence-electron chi connectivity index (χ4n) is 4.21. The predicted octanol–water partition coefficient (Wildman–Crippen LogP) is 5.95. The molecule has 1 aliphatic carbocycles. The minimum absolute atomic E-state index is 0.00456. The normalized spacial score (nSPS) is 18.9. The molecular formula is C25H39N3O3. The van der Waals surface area contributed by atoms with Crippen LogP contribution in [0, 0.1) is 17.3 Å². The van der Waals surface area contributed by atoms with E-state index < -0.39 is 0 Å². The molecule has 0 radical (unpaired) electrons. The van der Waals surface area contributed by atoms with Crippen LogP contribution >= 0.6 is 0 Å². The smallest absolute Gasteiger partial charge is 0.227 e. The number of nitrogens with one attached hydrogen (secondary N) is 3. The molecule has 6 nitrogen and oxygen atoms in total. The van der Waals surface area contributed by atoms with Gasteiger partial charge in [0.1, 0.15) is 0 Å². The van der Waals surface area contributed by atoms with Gasteiger partial charge in [-0.1, -0.05) is 34.6 Å². The Morgan fingerprint density at radius 3 is 1.58 bits per heavy atom. The lowest BCUT2D eigenvalue weighted by Crippen LogP contribution is -2.31.